The Kier molecular flexibility index (Phi) is 8.50. The molecule has 0 aromatic heterocycles. The summed E-state index contributed by atoms with van der Waals surface area (Å²) in [6.07, 6.45) is 1.75. The number of carbonyl (C=O) groups is 4. The third-order valence-electron chi connectivity index (χ3n) is 7.98. The summed E-state index contributed by atoms with van der Waals surface area (Å²) < 4.78 is 42.8. The summed E-state index contributed by atoms with van der Waals surface area (Å²) in [7, 11) is -3.61. The van der Waals surface area contributed by atoms with Crippen molar-refractivity contribution in [1.82, 2.24) is 15.1 Å². The standard InChI is InChI=1S/C26H32F2N5O8P/c1-15(30-23(36)25(2,27)28)21(34)31(3)20(10-16-8-9-16)22(35)32-13-26(11-17(32)12-29)18-6-4-5-7-19(18)33(24(26)37)14-41-42(38,39)40/h4-7,15-17,20H,8-11,13-14H2,1-3H3,(H,30,36)(H2,38,39,40)/t15-,17-,20-,26-/m0/s1. The van der Waals surface area contributed by atoms with E-state index in [1.165, 1.54) is 18.9 Å². The molecule has 1 saturated heterocycles. The minimum absolute atomic E-state index is 0.108. The molecule has 4 rings (SSSR count). The molecule has 2 aliphatic heterocycles. The first-order valence-corrected chi connectivity index (χ1v) is 14.8. The number of alkyl halides is 2. The minimum Gasteiger partial charge on any atom is -0.339 e. The van der Waals surface area contributed by atoms with E-state index in [0.29, 0.717) is 18.2 Å². The van der Waals surface area contributed by atoms with Crippen LogP contribution in [0.4, 0.5) is 14.5 Å². The topological polar surface area (TPSA) is 181 Å². The van der Waals surface area contributed by atoms with Crippen LogP contribution in [-0.4, -0.2) is 87.6 Å². The molecule has 1 aliphatic carbocycles. The van der Waals surface area contributed by atoms with Gasteiger partial charge >= 0.3 is 13.7 Å². The van der Waals surface area contributed by atoms with E-state index in [1.54, 1.807) is 24.3 Å². The summed E-state index contributed by atoms with van der Waals surface area (Å²) in [5.74, 6) is -7.24. The third-order valence-corrected chi connectivity index (χ3v) is 8.43. The van der Waals surface area contributed by atoms with Crippen LogP contribution in [0.15, 0.2) is 24.3 Å². The second-order valence-electron chi connectivity index (χ2n) is 11.1. The van der Waals surface area contributed by atoms with Crippen LogP contribution < -0.4 is 10.2 Å². The van der Waals surface area contributed by atoms with Crippen LogP contribution in [0, 0.1) is 17.2 Å². The van der Waals surface area contributed by atoms with E-state index in [4.69, 9.17) is 0 Å². The van der Waals surface area contributed by atoms with Crippen molar-refractivity contribution in [2.45, 2.75) is 69.0 Å². The van der Waals surface area contributed by atoms with E-state index in [9.17, 15) is 47.6 Å². The number of anilines is 1. The van der Waals surface area contributed by atoms with Gasteiger partial charge in [0.2, 0.25) is 17.7 Å². The summed E-state index contributed by atoms with van der Waals surface area (Å²) in [5.41, 5.74) is -0.632. The number of benzene rings is 1. The molecule has 42 heavy (non-hydrogen) atoms. The molecule has 4 atom stereocenters. The summed E-state index contributed by atoms with van der Waals surface area (Å²) >= 11 is 0. The van der Waals surface area contributed by atoms with Crippen molar-refractivity contribution in [3.05, 3.63) is 29.8 Å². The number of fused-ring (bicyclic) bond motifs is 2. The number of phosphoric acid groups is 1. The summed E-state index contributed by atoms with van der Waals surface area (Å²) in [6, 6.07) is 4.99. The second kappa shape index (κ2) is 11.3. The number of phosphoric ester groups is 1. The van der Waals surface area contributed by atoms with Gasteiger partial charge in [0, 0.05) is 26.9 Å². The molecule has 1 aromatic carbocycles. The first-order chi connectivity index (χ1) is 19.5. The van der Waals surface area contributed by atoms with Gasteiger partial charge in [0.25, 0.3) is 5.91 Å². The summed E-state index contributed by atoms with van der Waals surface area (Å²) in [4.78, 5) is 74.5. The first kappa shape index (κ1) is 31.5. The van der Waals surface area contributed by atoms with Crippen LogP contribution in [0.1, 0.15) is 45.1 Å². The molecule has 3 aliphatic rings. The van der Waals surface area contributed by atoms with E-state index in [-0.39, 0.29) is 25.3 Å². The number of amides is 4. The van der Waals surface area contributed by atoms with Crippen LogP contribution in [0.5, 0.6) is 0 Å². The predicted molar refractivity (Wildman–Crippen MR) is 141 cm³/mol. The van der Waals surface area contributed by atoms with E-state index in [1.807, 2.05) is 5.32 Å². The van der Waals surface area contributed by atoms with Gasteiger partial charge < -0.3 is 24.9 Å². The van der Waals surface area contributed by atoms with Crippen molar-refractivity contribution in [3.63, 3.8) is 0 Å². The zero-order chi connectivity index (χ0) is 31.2. The van der Waals surface area contributed by atoms with E-state index in [0.717, 1.165) is 22.6 Å². The van der Waals surface area contributed by atoms with Crippen molar-refractivity contribution in [3.8, 4) is 6.07 Å². The summed E-state index contributed by atoms with van der Waals surface area (Å²) in [6.45, 7) is 0.626. The maximum atomic E-state index is 14.0. The van der Waals surface area contributed by atoms with E-state index in [2.05, 4.69) is 10.6 Å². The van der Waals surface area contributed by atoms with Gasteiger partial charge in [-0.1, -0.05) is 31.0 Å². The molecule has 4 amide bonds. The molecule has 16 heteroatoms. The molecule has 0 unspecified atom stereocenters. The second-order valence-corrected chi connectivity index (χ2v) is 12.4. The van der Waals surface area contributed by atoms with Gasteiger partial charge in [-0.2, -0.15) is 14.0 Å². The molecule has 1 saturated carbocycles. The Balaban J connectivity index is 1.61. The van der Waals surface area contributed by atoms with E-state index >= 15 is 0 Å². The number of likely N-dealkylation sites (N-methyl/N-ethyl adjacent to an activating group) is 1. The molecule has 2 heterocycles. The number of carbonyl (C=O) groups excluding carboxylic acids is 4. The van der Waals surface area contributed by atoms with Gasteiger partial charge in [-0.3, -0.25) is 28.6 Å². The Morgan fingerprint density at radius 1 is 1.31 bits per heavy atom. The number of likely N-dealkylation sites (tertiary alicyclic amines) is 1. The Hall–Kier alpha value is -3.44. The van der Waals surface area contributed by atoms with Gasteiger partial charge in [0.1, 0.15) is 24.9 Å². The lowest BCUT2D eigenvalue weighted by Gasteiger charge is -2.34. The molecule has 228 valence electrons. The Bertz CT molecular complexity index is 1370. The molecule has 1 spiro atoms. The van der Waals surface area contributed by atoms with Gasteiger partial charge in [-0.15, -0.1) is 0 Å². The van der Waals surface area contributed by atoms with Crippen molar-refractivity contribution in [2.24, 2.45) is 5.92 Å². The van der Waals surface area contributed by atoms with Gasteiger partial charge in [0.15, 0.2) is 0 Å². The average molecular weight is 612 g/mol. The monoisotopic (exact) mass is 611 g/mol. The number of halogens is 2. The minimum atomic E-state index is -4.93. The van der Waals surface area contributed by atoms with Crippen LogP contribution in [0.2, 0.25) is 0 Å². The molecule has 0 radical (unpaired) electrons. The highest BCUT2D eigenvalue weighted by Crippen LogP contribution is 2.50. The molecule has 1 aromatic rings. The number of hydrogen-bond donors (Lipinski definition) is 3. The quantitative estimate of drug-likeness (QED) is 0.328. The van der Waals surface area contributed by atoms with Crippen molar-refractivity contribution < 1.29 is 46.8 Å². The fraction of sp³-hybridized carbons (Fsp3) is 0.577. The van der Waals surface area contributed by atoms with Crippen molar-refractivity contribution in [1.29, 1.82) is 5.26 Å². The highest BCUT2D eigenvalue weighted by molar-refractivity contribution is 7.46. The number of nitrogens with one attached hydrogen (secondary N) is 1. The van der Waals surface area contributed by atoms with Crippen molar-refractivity contribution in [2.75, 3.05) is 25.2 Å². The highest BCUT2D eigenvalue weighted by Gasteiger charge is 2.59. The highest BCUT2D eigenvalue weighted by atomic mass is 31.2. The van der Waals surface area contributed by atoms with E-state index < -0.39 is 67.6 Å². The smallest absolute Gasteiger partial charge is 0.339 e. The van der Waals surface area contributed by atoms with Crippen molar-refractivity contribution >= 4 is 37.1 Å². The average Bonchev–Trinajstić information content (AvgIpc) is 3.61. The van der Waals surface area contributed by atoms with Gasteiger partial charge in [-0.05, 0) is 30.9 Å². The Morgan fingerprint density at radius 3 is 2.52 bits per heavy atom. The fourth-order valence-electron chi connectivity index (χ4n) is 5.59. The molecule has 3 N–H and O–H groups in total. The number of rotatable bonds is 10. The number of para-hydroxylation sites is 1. The Labute approximate surface area is 240 Å². The predicted octanol–water partition coefficient (Wildman–Crippen LogP) is 1.25. The van der Waals surface area contributed by atoms with Crippen LogP contribution in [-0.2, 0) is 33.7 Å². The first-order valence-electron chi connectivity index (χ1n) is 13.3. The maximum Gasteiger partial charge on any atom is 0.471 e. The molecular formula is C26H32F2N5O8P. The van der Waals surface area contributed by atoms with Crippen LogP contribution >= 0.6 is 7.82 Å². The van der Waals surface area contributed by atoms with Gasteiger partial charge in [-0.25, -0.2) is 4.57 Å². The third kappa shape index (κ3) is 6.17. The normalized spacial score (nSPS) is 23.4. The number of nitriles is 1. The fourth-order valence-corrected chi connectivity index (χ4v) is 5.86. The number of nitrogens with zero attached hydrogens (tertiary/aromatic N) is 4. The largest absolute Gasteiger partial charge is 0.471 e. The zero-order valence-corrected chi connectivity index (χ0v) is 24.1. The SMILES string of the molecule is C[C@H](NC(=O)C(C)(F)F)C(=O)N(C)[C@@H](CC1CC1)C(=O)N1C[C@]2(C[C@H]1C#N)C(=O)N(COP(=O)(O)O)c1ccccc12. The van der Waals surface area contributed by atoms with Gasteiger partial charge in [0.05, 0.1) is 17.2 Å². The summed E-state index contributed by atoms with van der Waals surface area (Å²) in [5, 5.41) is 12.0. The molecule has 13 nitrogen and oxygen atoms in total. The van der Waals surface area contributed by atoms with Crippen LogP contribution in [0.3, 0.4) is 0 Å². The number of hydrogen-bond acceptors (Lipinski definition) is 7. The molecule has 2 fully saturated rings. The van der Waals surface area contributed by atoms with Crippen LogP contribution in [0.25, 0.3) is 0 Å². The lowest BCUT2D eigenvalue weighted by Crippen LogP contribution is -2.56. The lowest BCUT2D eigenvalue weighted by atomic mass is 9.79. The Morgan fingerprint density at radius 2 is 1.95 bits per heavy atom. The molecular weight excluding hydrogens is 579 g/mol. The maximum absolute atomic E-state index is 14.0. The zero-order valence-electron chi connectivity index (χ0n) is 23.2. The lowest BCUT2D eigenvalue weighted by molar-refractivity contribution is -0.150. The molecule has 0 bridgehead atoms.